The highest BCUT2D eigenvalue weighted by atomic mass is 35.5. The summed E-state index contributed by atoms with van der Waals surface area (Å²) in [7, 11) is 6.82. The molecule has 27 heteroatoms. The molecule has 4 aliphatic heterocycles. The lowest BCUT2D eigenvalue weighted by molar-refractivity contribution is -0.142. The summed E-state index contributed by atoms with van der Waals surface area (Å²) >= 11 is 47.8. The molecule has 0 radical (unpaired) electrons. The highest BCUT2D eigenvalue weighted by Gasteiger charge is 2.51. The molecule has 19 nitrogen and oxygen atoms in total. The number of amides is 8. The third kappa shape index (κ3) is 21.4. The van der Waals surface area contributed by atoms with Crippen molar-refractivity contribution in [2.45, 2.75) is 114 Å². The maximum Gasteiger partial charge on any atom is 0.303 e. The van der Waals surface area contributed by atoms with Crippen molar-refractivity contribution >= 4 is 146 Å². The summed E-state index contributed by atoms with van der Waals surface area (Å²) in [5, 5.41) is 13.8. The van der Waals surface area contributed by atoms with Crippen molar-refractivity contribution in [1.29, 1.82) is 0 Å². The van der Waals surface area contributed by atoms with E-state index in [0.29, 0.717) is 78.0 Å². The first-order valence-electron chi connectivity index (χ1n) is 36.2. The van der Waals surface area contributed by atoms with E-state index in [1.807, 2.05) is 110 Å². The number of carboxylic acids is 1. The highest BCUT2D eigenvalue weighted by Crippen LogP contribution is 2.41. The topological polar surface area (TPSA) is 209 Å². The maximum atomic E-state index is 13.4. The first kappa shape index (κ1) is 85.8. The van der Waals surface area contributed by atoms with Crippen LogP contribution in [0.25, 0.3) is 0 Å². The average Bonchev–Trinajstić information content (AvgIpc) is 1.64. The third-order valence-electron chi connectivity index (χ3n) is 19.8. The second-order valence-corrected chi connectivity index (χ2v) is 30.9. The van der Waals surface area contributed by atoms with Crippen LogP contribution >= 0.6 is 92.8 Å². The summed E-state index contributed by atoms with van der Waals surface area (Å²) in [4.78, 5) is 128. The Kier molecular flexibility index (Phi) is 29.9. The predicted molar refractivity (Wildman–Crippen MR) is 440 cm³/mol. The van der Waals surface area contributed by atoms with Crippen molar-refractivity contribution in [3.63, 3.8) is 0 Å². The number of halogens is 8. The summed E-state index contributed by atoms with van der Waals surface area (Å²) < 4.78 is 5.71. The fourth-order valence-corrected chi connectivity index (χ4v) is 15.3. The molecule has 8 amide bonds. The zero-order valence-electron chi connectivity index (χ0n) is 62.5. The molecular weight excluding hydrogens is 1600 g/mol. The average molecular weight is 1690 g/mol. The molecule has 0 spiro atoms. The van der Waals surface area contributed by atoms with Crippen LogP contribution in [0, 0.1) is 0 Å². The minimum absolute atomic E-state index is 0.0193. The van der Waals surface area contributed by atoms with Gasteiger partial charge in [0.15, 0.2) is 6.61 Å². The maximum absolute atomic E-state index is 13.4. The number of carbonyl (C=O) groups is 9. The van der Waals surface area contributed by atoms with E-state index in [-0.39, 0.29) is 66.7 Å². The van der Waals surface area contributed by atoms with Gasteiger partial charge in [0.05, 0.1) is 6.42 Å². The van der Waals surface area contributed by atoms with Gasteiger partial charge in [-0.25, -0.2) is 0 Å². The van der Waals surface area contributed by atoms with E-state index < -0.39 is 54.8 Å². The second-order valence-electron chi connectivity index (χ2n) is 27.5. The number of benzene rings is 9. The van der Waals surface area contributed by atoms with E-state index >= 15 is 0 Å². The van der Waals surface area contributed by atoms with E-state index in [1.165, 1.54) is 16.7 Å². The first-order valence-corrected chi connectivity index (χ1v) is 39.2. The van der Waals surface area contributed by atoms with Crippen LogP contribution in [0.1, 0.15) is 109 Å². The Morgan fingerprint density at radius 1 is 0.327 bits per heavy atom. The summed E-state index contributed by atoms with van der Waals surface area (Å²) in [5.41, 5.74) is 6.96. The van der Waals surface area contributed by atoms with Gasteiger partial charge in [0.1, 0.15) is 54.6 Å². The number of hydrogen-bond acceptors (Lipinski definition) is 10. The van der Waals surface area contributed by atoms with Crippen LogP contribution in [0.15, 0.2) is 224 Å². The standard InChI is InChI=1S/C25H22Cl2N2O3.C21H20Cl2N2O4.C21H22Cl2N2O2.C19H18Cl2N2O2/c1-28-24(18-9-13-20(27)14-10-18)29(23(30)16-32-21-5-3-2-4-6-21)22(25(28)31)15-17-7-11-19(26)12-8-17;1-24-20(14-4-8-16(23)9-5-14)25(18(26)10-11-19(27)28)17(21(24)29)12-13-2-6-15(22)7-3-13;1-3-4-19(26)25-18(13-14-5-9-16(22)10-6-14)21(27)24(2)20(25)15-7-11-17(23)12-8-15;1-12(24)23-17(11-13-3-7-15(20)8-4-13)19(25)22(2)18(23)14-5-9-16(21)10-6-14/h2-14,22,24H,15-16H2,1H3;2-9,17,20H,10-12H2,1H3,(H,27,28);5-12,18,20H,3-4,13H2,1-2H3;3-10,17-18H,11H2,1-2H3/t22-,24?;17-,20?;18-,20?;17-,18?/m1111/s1. The molecule has 13 rings (SSSR count). The van der Waals surface area contributed by atoms with E-state index in [4.69, 9.17) is 103 Å². The molecule has 4 fully saturated rings. The van der Waals surface area contributed by atoms with Crippen LogP contribution in [0.3, 0.4) is 0 Å². The molecule has 9 aromatic carbocycles. The number of carboxylic acid groups (broad SMARTS) is 1. The number of hydrogen-bond donors (Lipinski definition) is 1. The Bertz CT molecular complexity index is 4830. The second kappa shape index (κ2) is 39.4. The number of carbonyl (C=O) groups excluding carboxylic acids is 8. The minimum Gasteiger partial charge on any atom is -0.484 e. The lowest BCUT2D eigenvalue weighted by Gasteiger charge is -2.30. The number of aliphatic carboxylic acids is 1. The van der Waals surface area contributed by atoms with Crippen molar-refractivity contribution in [2.75, 3.05) is 34.8 Å². The van der Waals surface area contributed by atoms with E-state index in [1.54, 1.807) is 179 Å². The number of likely N-dealkylation sites (N-methyl/N-ethyl adjacent to an activating group) is 4. The largest absolute Gasteiger partial charge is 0.484 e. The molecule has 9 aromatic rings. The number of para-hydroxylation sites is 1. The number of nitrogens with zero attached hydrogens (tertiary/aromatic N) is 8. The van der Waals surface area contributed by atoms with Gasteiger partial charge in [-0.15, -0.1) is 0 Å². The van der Waals surface area contributed by atoms with Gasteiger partial charge < -0.3 is 49.0 Å². The zero-order chi connectivity index (χ0) is 81.5. The van der Waals surface area contributed by atoms with Crippen molar-refractivity contribution in [1.82, 2.24) is 39.2 Å². The van der Waals surface area contributed by atoms with Crippen LogP contribution in [-0.4, -0.2) is 156 Å². The fourth-order valence-electron chi connectivity index (χ4n) is 14.3. The molecule has 113 heavy (non-hydrogen) atoms. The number of rotatable bonds is 20. The van der Waals surface area contributed by atoms with Gasteiger partial charge in [-0.2, -0.15) is 0 Å². The Hall–Kier alpha value is -9.67. The molecule has 0 saturated carbocycles. The van der Waals surface area contributed by atoms with Crippen molar-refractivity contribution in [2.24, 2.45) is 0 Å². The Morgan fingerprint density at radius 3 is 0.823 bits per heavy atom. The van der Waals surface area contributed by atoms with Gasteiger partial charge in [0.25, 0.3) is 5.91 Å². The van der Waals surface area contributed by atoms with Gasteiger partial charge in [0, 0.05) is 114 Å². The monoisotopic (exact) mass is 1680 g/mol. The number of ether oxygens (including phenoxy) is 1. The normalized spacial score (nSPS) is 19.2. The van der Waals surface area contributed by atoms with Gasteiger partial charge in [0.2, 0.25) is 41.4 Å². The first-order chi connectivity index (χ1) is 54.0. The van der Waals surface area contributed by atoms with E-state index in [9.17, 15) is 43.2 Å². The lowest BCUT2D eigenvalue weighted by Crippen LogP contribution is -2.43. The molecular formula is C86H82Cl8N8O11. The van der Waals surface area contributed by atoms with Crippen molar-refractivity contribution in [3.8, 4) is 5.75 Å². The molecule has 0 aliphatic carbocycles. The van der Waals surface area contributed by atoms with Crippen molar-refractivity contribution < 1.29 is 53.0 Å². The van der Waals surface area contributed by atoms with Crippen LogP contribution in [-0.2, 0) is 68.8 Å². The van der Waals surface area contributed by atoms with Gasteiger partial charge >= 0.3 is 5.97 Å². The van der Waals surface area contributed by atoms with Crippen LogP contribution in [0.4, 0.5) is 0 Å². The molecule has 0 bridgehead atoms. The van der Waals surface area contributed by atoms with Crippen LogP contribution < -0.4 is 4.74 Å². The molecule has 4 heterocycles. The molecule has 4 saturated heterocycles. The Balaban J connectivity index is 0.000000160. The molecule has 8 atom stereocenters. The molecule has 1 N–H and O–H groups in total. The minimum atomic E-state index is -1.06. The van der Waals surface area contributed by atoms with E-state index in [2.05, 4.69) is 0 Å². The summed E-state index contributed by atoms with van der Waals surface area (Å²) in [6.45, 7) is 3.28. The quantitative estimate of drug-likeness (QED) is 0.0759. The fraction of sp³-hybridized carbons (Fsp3) is 0.267. The van der Waals surface area contributed by atoms with Crippen LogP contribution in [0.2, 0.25) is 40.2 Å². The SMILES string of the molecule is CC(=O)N1C(c2ccc(Cl)cc2)N(C)C(=O)[C@H]1Cc1ccc(Cl)cc1.CCCC(=O)N1C(c2ccc(Cl)cc2)N(C)C(=O)[C@H]1Cc1ccc(Cl)cc1.CN1C(=O)[C@@H](Cc2ccc(Cl)cc2)N(C(=O)CCC(=O)O)C1c1ccc(Cl)cc1.CN1C(=O)[C@@H](Cc2ccc(Cl)cc2)N(C(=O)COc2ccccc2)C1c1ccc(Cl)cc1. The van der Waals surface area contributed by atoms with Crippen molar-refractivity contribution in [3.05, 3.63) is 309 Å². The Labute approximate surface area is 696 Å². The molecule has 4 aliphatic rings. The Morgan fingerprint density at radius 2 is 0.566 bits per heavy atom. The molecule has 4 unspecified atom stereocenters. The lowest BCUT2D eigenvalue weighted by atomic mass is 10.0. The van der Waals surface area contributed by atoms with Gasteiger partial charge in [-0.05, 0) is 160 Å². The van der Waals surface area contributed by atoms with Crippen LogP contribution in [0.5, 0.6) is 5.75 Å². The zero-order valence-corrected chi connectivity index (χ0v) is 68.5. The van der Waals surface area contributed by atoms with Gasteiger partial charge in [-0.1, -0.05) is 215 Å². The van der Waals surface area contributed by atoms with Gasteiger partial charge in [-0.3, -0.25) is 43.2 Å². The summed E-state index contributed by atoms with van der Waals surface area (Å²) in [6.07, 6.45) is 0.213. The smallest absolute Gasteiger partial charge is 0.303 e. The summed E-state index contributed by atoms with van der Waals surface area (Å²) in [5.74, 6) is -1.76. The highest BCUT2D eigenvalue weighted by molar-refractivity contribution is 6.32. The third-order valence-corrected chi connectivity index (χ3v) is 21.8. The molecule has 588 valence electrons. The molecule has 0 aromatic heterocycles. The predicted octanol–water partition coefficient (Wildman–Crippen LogP) is 17.4. The van der Waals surface area contributed by atoms with E-state index in [0.717, 1.165) is 50.9 Å². The summed E-state index contributed by atoms with van der Waals surface area (Å²) in [6, 6.07) is 64.4.